The molecule has 0 heterocycles. The van der Waals surface area contributed by atoms with Crippen molar-refractivity contribution in [2.45, 2.75) is 38.2 Å². The third kappa shape index (κ3) is 2.83. The molecular formula is C14H21NO3. The van der Waals surface area contributed by atoms with Gasteiger partial charge >= 0.3 is 0 Å². The van der Waals surface area contributed by atoms with Crippen molar-refractivity contribution in [1.82, 2.24) is 0 Å². The van der Waals surface area contributed by atoms with Gasteiger partial charge in [-0.25, -0.2) is 0 Å². The Labute approximate surface area is 108 Å². The van der Waals surface area contributed by atoms with Crippen LogP contribution in [-0.4, -0.2) is 37.1 Å². The summed E-state index contributed by atoms with van der Waals surface area (Å²) in [5, 5.41) is 12.4. The van der Waals surface area contributed by atoms with E-state index in [2.05, 4.69) is 5.32 Å². The number of aliphatic hydroxyl groups is 1. The highest BCUT2D eigenvalue weighted by Crippen LogP contribution is 2.29. The number of hydrogen-bond acceptors (Lipinski definition) is 4. The Hall–Kier alpha value is -1.10. The van der Waals surface area contributed by atoms with E-state index in [1.807, 2.05) is 31.2 Å². The molecular weight excluding hydrogens is 230 g/mol. The van der Waals surface area contributed by atoms with Crippen LogP contribution in [0.4, 0.5) is 5.69 Å². The molecule has 1 fully saturated rings. The Kier molecular flexibility index (Phi) is 4.58. The van der Waals surface area contributed by atoms with Crippen LogP contribution in [-0.2, 0) is 16.1 Å². The van der Waals surface area contributed by atoms with Gasteiger partial charge < -0.3 is 19.9 Å². The average Bonchev–Trinajstić information content (AvgIpc) is 2.38. The number of rotatable bonds is 6. The van der Waals surface area contributed by atoms with E-state index in [-0.39, 0.29) is 18.8 Å². The summed E-state index contributed by atoms with van der Waals surface area (Å²) in [6.07, 6.45) is 1.28. The molecule has 0 radical (unpaired) electrons. The SMILES string of the molecule is CCOC1CC(Nc2ccc(CO)cc2)C1OC. The maximum Gasteiger partial charge on any atom is 0.103 e. The normalized spacial score (nSPS) is 26.7. The summed E-state index contributed by atoms with van der Waals surface area (Å²) in [7, 11) is 1.72. The second kappa shape index (κ2) is 6.18. The number of hydrogen-bond donors (Lipinski definition) is 2. The first kappa shape index (κ1) is 13.3. The van der Waals surface area contributed by atoms with E-state index in [0.29, 0.717) is 6.04 Å². The Balaban J connectivity index is 1.89. The topological polar surface area (TPSA) is 50.7 Å². The lowest BCUT2D eigenvalue weighted by Crippen LogP contribution is -2.56. The first-order valence-electron chi connectivity index (χ1n) is 6.39. The molecule has 2 N–H and O–H groups in total. The number of ether oxygens (including phenoxy) is 2. The van der Waals surface area contributed by atoms with Gasteiger partial charge in [0.25, 0.3) is 0 Å². The fourth-order valence-corrected chi connectivity index (χ4v) is 2.34. The summed E-state index contributed by atoms with van der Waals surface area (Å²) in [6.45, 7) is 2.81. The van der Waals surface area contributed by atoms with Crippen LogP contribution in [0.1, 0.15) is 18.9 Å². The summed E-state index contributed by atoms with van der Waals surface area (Å²) < 4.78 is 11.0. The zero-order valence-electron chi connectivity index (χ0n) is 10.9. The minimum atomic E-state index is 0.0802. The average molecular weight is 251 g/mol. The second-order valence-electron chi connectivity index (χ2n) is 4.54. The van der Waals surface area contributed by atoms with Crippen molar-refractivity contribution in [2.75, 3.05) is 19.0 Å². The molecule has 0 saturated heterocycles. The Morgan fingerprint density at radius 3 is 2.61 bits per heavy atom. The molecule has 4 heteroatoms. The van der Waals surface area contributed by atoms with Crippen molar-refractivity contribution in [3.63, 3.8) is 0 Å². The van der Waals surface area contributed by atoms with Crippen LogP contribution in [0.2, 0.25) is 0 Å². The highest BCUT2D eigenvalue weighted by atomic mass is 16.5. The molecule has 0 aromatic heterocycles. The number of methoxy groups -OCH3 is 1. The van der Waals surface area contributed by atoms with E-state index in [4.69, 9.17) is 14.6 Å². The van der Waals surface area contributed by atoms with Crippen LogP contribution < -0.4 is 5.32 Å². The lowest BCUT2D eigenvalue weighted by molar-refractivity contribution is -0.118. The first-order chi connectivity index (χ1) is 8.78. The van der Waals surface area contributed by atoms with Crippen LogP contribution in [0.5, 0.6) is 0 Å². The van der Waals surface area contributed by atoms with E-state index in [0.717, 1.165) is 24.3 Å². The lowest BCUT2D eigenvalue weighted by atomic mass is 9.85. The molecule has 1 aromatic carbocycles. The van der Waals surface area contributed by atoms with Crippen LogP contribution >= 0.6 is 0 Å². The van der Waals surface area contributed by atoms with Gasteiger partial charge in [-0.15, -0.1) is 0 Å². The fourth-order valence-electron chi connectivity index (χ4n) is 2.34. The predicted octanol–water partition coefficient (Wildman–Crippen LogP) is 1.78. The van der Waals surface area contributed by atoms with Gasteiger partial charge in [0.05, 0.1) is 18.8 Å². The maximum atomic E-state index is 8.98. The first-order valence-corrected chi connectivity index (χ1v) is 6.39. The van der Waals surface area contributed by atoms with Gasteiger partial charge in [-0.3, -0.25) is 0 Å². The molecule has 18 heavy (non-hydrogen) atoms. The van der Waals surface area contributed by atoms with Crippen molar-refractivity contribution in [1.29, 1.82) is 0 Å². The quantitative estimate of drug-likeness (QED) is 0.809. The third-order valence-electron chi connectivity index (χ3n) is 3.39. The van der Waals surface area contributed by atoms with E-state index in [9.17, 15) is 0 Å². The highest BCUT2D eigenvalue weighted by molar-refractivity contribution is 5.46. The number of aliphatic hydroxyl groups excluding tert-OH is 1. The Morgan fingerprint density at radius 1 is 1.33 bits per heavy atom. The molecule has 1 saturated carbocycles. The number of benzene rings is 1. The van der Waals surface area contributed by atoms with Crippen molar-refractivity contribution in [3.8, 4) is 0 Å². The van der Waals surface area contributed by atoms with E-state index < -0.39 is 0 Å². The maximum absolute atomic E-state index is 8.98. The van der Waals surface area contributed by atoms with Crippen LogP contribution in [0.15, 0.2) is 24.3 Å². The summed E-state index contributed by atoms with van der Waals surface area (Å²) in [5.41, 5.74) is 1.97. The molecule has 0 spiro atoms. The fraction of sp³-hybridized carbons (Fsp3) is 0.571. The van der Waals surface area contributed by atoms with Crippen molar-refractivity contribution in [3.05, 3.63) is 29.8 Å². The Morgan fingerprint density at radius 2 is 2.06 bits per heavy atom. The number of nitrogens with one attached hydrogen (secondary N) is 1. The largest absolute Gasteiger partial charge is 0.392 e. The third-order valence-corrected chi connectivity index (χ3v) is 3.39. The van der Waals surface area contributed by atoms with E-state index in [1.54, 1.807) is 7.11 Å². The molecule has 4 nitrogen and oxygen atoms in total. The Bertz CT molecular complexity index is 366. The minimum absolute atomic E-state index is 0.0802. The second-order valence-corrected chi connectivity index (χ2v) is 4.54. The van der Waals surface area contributed by atoms with Crippen LogP contribution in [0.3, 0.4) is 0 Å². The zero-order chi connectivity index (χ0) is 13.0. The number of anilines is 1. The van der Waals surface area contributed by atoms with Gasteiger partial charge in [-0.2, -0.15) is 0 Å². The minimum Gasteiger partial charge on any atom is -0.392 e. The molecule has 100 valence electrons. The molecule has 3 unspecified atom stereocenters. The molecule has 2 rings (SSSR count). The van der Waals surface area contributed by atoms with Crippen LogP contribution in [0.25, 0.3) is 0 Å². The molecule has 3 atom stereocenters. The summed E-state index contributed by atoms with van der Waals surface area (Å²) in [5.74, 6) is 0. The zero-order valence-corrected chi connectivity index (χ0v) is 10.9. The standard InChI is InChI=1S/C14H21NO3/c1-3-18-13-8-12(14(13)17-2)15-11-6-4-10(9-16)5-7-11/h4-7,12-16H,3,8-9H2,1-2H3. The molecule has 1 aliphatic carbocycles. The summed E-state index contributed by atoms with van der Waals surface area (Å²) in [6, 6.07) is 8.09. The van der Waals surface area contributed by atoms with Gasteiger partial charge in [-0.1, -0.05) is 12.1 Å². The van der Waals surface area contributed by atoms with Crippen LogP contribution in [0, 0.1) is 0 Å². The van der Waals surface area contributed by atoms with E-state index in [1.165, 1.54) is 0 Å². The van der Waals surface area contributed by atoms with Gasteiger partial charge in [0.2, 0.25) is 0 Å². The predicted molar refractivity (Wildman–Crippen MR) is 70.6 cm³/mol. The molecule has 1 aromatic rings. The van der Waals surface area contributed by atoms with Gasteiger partial charge in [0.15, 0.2) is 0 Å². The summed E-state index contributed by atoms with van der Waals surface area (Å²) in [4.78, 5) is 0. The molecule has 1 aliphatic rings. The molecule has 0 aliphatic heterocycles. The van der Waals surface area contributed by atoms with Crippen molar-refractivity contribution < 1.29 is 14.6 Å². The van der Waals surface area contributed by atoms with Crippen molar-refractivity contribution >= 4 is 5.69 Å². The highest BCUT2D eigenvalue weighted by Gasteiger charge is 2.42. The summed E-state index contributed by atoms with van der Waals surface area (Å²) >= 11 is 0. The molecule has 0 bridgehead atoms. The smallest absolute Gasteiger partial charge is 0.103 e. The van der Waals surface area contributed by atoms with Gasteiger partial charge in [-0.05, 0) is 31.0 Å². The van der Waals surface area contributed by atoms with Gasteiger partial charge in [0.1, 0.15) is 6.10 Å². The van der Waals surface area contributed by atoms with Gasteiger partial charge in [0, 0.05) is 19.4 Å². The monoisotopic (exact) mass is 251 g/mol. The van der Waals surface area contributed by atoms with E-state index >= 15 is 0 Å². The lowest BCUT2D eigenvalue weighted by Gasteiger charge is -2.43. The van der Waals surface area contributed by atoms with Crippen molar-refractivity contribution in [2.24, 2.45) is 0 Å². The molecule has 0 amide bonds.